The highest BCUT2D eigenvalue weighted by Gasteiger charge is 2.12. The number of carbonyl (C=O) groups excluding carboxylic acids is 1. The van der Waals surface area contributed by atoms with E-state index in [4.69, 9.17) is 4.74 Å². The van der Waals surface area contributed by atoms with Crippen molar-refractivity contribution in [1.29, 1.82) is 0 Å². The minimum absolute atomic E-state index is 0.254. The molecule has 0 unspecified atom stereocenters. The fourth-order valence-electron chi connectivity index (χ4n) is 2.74. The number of nitrogens with zero attached hydrogens (tertiary/aromatic N) is 1. The molecule has 1 heterocycles. The van der Waals surface area contributed by atoms with Crippen LogP contribution in [0.25, 0.3) is 10.9 Å². The van der Waals surface area contributed by atoms with Crippen molar-refractivity contribution in [3.05, 3.63) is 54.7 Å². The van der Waals surface area contributed by atoms with E-state index in [1.165, 1.54) is 0 Å². The first-order valence-corrected chi connectivity index (χ1v) is 9.23. The SMILES string of the molecule is COCCn1cc(NC(=O)Nc2ccccc2SC)c2ccccc21. The van der Waals surface area contributed by atoms with Crippen LogP contribution in [-0.2, 0) is 11.3 Å². The molecule has 0 saturated carbocycles. The first-order chi connectivity index (χ1) is 12.2. The smallest absolute Gasteiger partial charge is 0.323 e. The summed E-state index contributed by atoms with van der Waals surface area (Å²) in [5, 5.41) is 6.89. The molecule has 2 aromatic carbocycles. The molecule has 6 heteroatoms. The van der Waals surface area contributed by atoms with Gasteiger partial charge in [0.15, 0.2) is 0 Å². The predicted octanol–water partition coefficient (Wildman–Crippen LogP) is 4.65. The third-order valence-electron chi connectivity index (χ3n) is 3.93. The molecule has 0 atom stereocenters. The largest absolute Gasteiger partial charge is 0.383 e. The van der Waals surface area contributed by atoms with Gasteiger partial charge in [0.1, 0.15) is 0 Å². The molecule has 1 aromatic heterocycles. The van der Waals surface area contributed by atoms with E-state index < -0.39 is 0 Å². The van der Waals surface area contributed by atoms with Crippen LogP contribution in [0.5, 0.6) is 0 Å². The molecule has 25 heavy (non-hydrogen) atoms. The van der Waals surface area contributed by atoms with Crippen LogP contribution in [0, 0.1) is 0 Å². The molecule has 0 aliphatic carbocycles. The summed E-state index contributed by atoms with van der Waals surface area (Å²) in [6, 6.07) is 15.5. The number of carbonyl (C=O) groups is 1. The standard InChI is InChI=1S/C19H21N3O2S/c1-24-12-11-22-13-16(14-7-3-5-9-17(14)22)21-19(23)20-15-8-4-6-10-18(15)25-2/h3-10,13H,11-12H2,1-2H3,(H2,20,21,23). The Morgan fingerprint density at radius 2 is 1.80 bits per heavy atom. The van der Waals surface area contributed by atoms with Crippen LogP contribution in [0.1, 0.15) is 0 Å². The van der Waals surface area contributed by atoms with Crippen LogP contribution >= 0.6 is 11.8 Å². The van der Waals surface area contributed by atoms with Crippen molar-refractivity contribution in [2.75, 3.05) is 30.6 Å². The summed E-state index contributed by atoms with van der Waals surface area (Å²) in [5.74, 6) is 0. The van der Waals surface area contributed by atoms with E-state index in [1.807, 2.05) is 61.0 Å². The number of hydrogen-bond donors (Lipinski definition) is 2. The number of methoxy groups -OCH3 is 1. The zero-order valence-corrected chi connectivity index (χ0v) is 15.1. The average Bonchev–Trinajstić information content (AvgIpc) is 2.98. The Labute approximate surface area is 151 Å². The van der Waals surface area contributed by atoms with E-state index >= 15 is 0 Å². The van der Waals surface area contributed by atoms with E-state index in [1.54, 1.807) is 18.9 Å². The van der Waals surface area contributed by atoms with Crippen LogP contribution in [0.15, 0.2) is 59.6 Å². The lowest BCUT2D eigenvalue weighted by Crippen LogP contribution is -2.19. The van der Waals surface area contributed by atoms with Crippen LogP contribution in [-0.4, -0.2) is 30.6 Å². The van der Waals surface area contributed by atoms with E-state index in [0.717, 1.165) is 33.7 Å². The fraction of sp³-hybridized carbons (Fsp3) is 0.211. The Kier molecular flexibility index (Phi) is 5.63. The van der Waals surface area contributed by atoms with E-state index in [2.05, 4.69) is 15.2 Å². The minimum Gasteiger partial charge on any atom is -0.383 e. The molecular weight excluding hydrogens is 334 g/mol. The third kappa shape index (κ3) is 3.97. The van der Waals surface area contributed by atoms with E-state index in [-0.39, 0.29) is 6.03 Å². The van der Waals surface area contributed by atoms with E-state index in [9.17, 15) is 4.79 Å². The highest BCUT2D eigenvalue weighted by molar-refractivity contribution is 7.98. The molecular formula is C19H21N3O2S. The Morgan fingerprint density at radius 1 is 1.08 bits per heavy atom. The highest BCUT2D eigenvalue weighted by atomic mass is 32.2. The average molecular weight is 355 g/mol. The van der Waals surface area contributed by atoms with Crippen molar-refractivity contribution in [2.45, 2.75) is 11.4 Å². The zero-order chi connectivity index (χ0) is 17.6. The number of anilines is 2. The molecule has 0 fully saturated rings. The number of para-hydroxylation sites is 2. The number of ether oxygens (including phenoxy) is 1. The number of hydrogen-bond acceptors (Lipinski definition) is 3. The van der Waals surface area contributed by atoms with Crippen molar-refractivity contribution in [2.24, 2.45) is 0 Å². The van der Waals surface area contributed by atoms with Gasteiger partial charge in [-0.05, 0) is 24.5 Å². The lowest BCUT2D eigenvalue weighted by atomic mass is 10.2. The second-order valence-electron chi connectivity index (χ2n) is 5.53. The third-order valence-corrected chi connectivity index (χ3v) is 4.72. The number of rotatable bonds is 6. The molecule has 130 valence electrons. The summed E-state index contributed by atoms with van der Waals surface area (Å²) in [6.45, 7) is 1.35. The van der Waals surface area contributed by atoms with Crippen LogP contribution in [0.2, 0.25) is 0 Å². The topological polar surface area (TPSA) is 55.3 Å². The summed E-state index contributed by atoms with van der Waals surface area (Å²) in [6.07, 6.45) is 3.94. The van der Waals surface area contributed by atoms with Gasteiger partial charge in [-0.25, -0.2) is 4.79 Å². The molecule has 0 spiro atoms. The number of thioether (sulfide) groups is 1. The zero-order valence-electron chi connectivity index (χ0n) is 14.3. The summed E-state index contributed by atoms with van der Waals surface area (Å²) >= 11 is 1.60. The molecule has 2 N–H and O–H groups in total. The van der Waals surface area contributed by atoms with Gasteiger partial charge in [-0.15, -0.1) is 11.8 Å². The van der Waals surface area contributed by atoms with Gasteiger partial charge in [0.05, 0.1) is 23.5 Å². The van der Waals surface area contributed by atoms with Crippen LogP contribution < -0.4 is 10.6 Å². The number of urea groups is 1. The maximum atomic E-state index is 12.5. The van der Waals surface area contributed by atoms with Gasteiger partial charge < -0.3 is 19.9 Å². The predicted molar refractivity (Wildman–Crippen MR) is 105 cm³/mol. The summed E-state index contributed by atoms with van der Waals surface area (Å²) in [5.41, 5.74) is 2.65. The summed E-state index contributed by atoms with van der Waals surface area (Å²) in [4.78, 5) is 13.5. The highest BCUT2D eigenvalue weighted by Crippen LogP contribution is 2.27. The molecule has 0 bridgehead atoms. The number of amides is 2. The molecule has 3 rings (SSSR count). The molecule has 5 nitrogen and oxygen atoms in total. The van der Waals surface area contributed by atoms with Crippen molar-refractivity contribution in [3.63, 3.8) is 0 Å². The van der Waals surface area contributed by atoms with Gasteiger partial charge in [-0.3, -0.25) is 0 Å². The number of nitrogens with one attached hydrogen (secondary N) is 2. The van der Waals surface area contributed by atoms with Crippen LogP contribution in [0.3, 0.4) is 0 Å². The Hall–Kier alpha value is -2.44. The monoisotopic (exact) mass is 355 g/mol. The molecule has 0 aliphatic heterocycles. The normalized spacial score (nSPS) is 10.8. The Bertz CT molecular complexity index is 876. The minimum atomic E-state index is -0.254. The van der Waals surface area contributed by atoms with Crippen molar-refractivity contribution >= 4 is 40.1 Å². The van der Waals surface area contributed by atoms with Gasteiger partial charge in [-0.1, -0.05) is 30.3 Å². The van der Waals surface area contributed by atoms with Gasteiger partial charge in [0.25, 0.3) is 0 Å². The van der Waals surface area contributed by atoms with Gasteiger partial charge >= 0.3 is 6.03 Å². The number of fused-ring (bicyclic) bond motifs is 1. The lowest BCUT2D eigenvalue weighted by Gasteiger charge is -2.10. The Balaban J connectivity index is 1.81. The first kappa shape index (κ1) is 17.4. The quantitative estimate of drug-likeness (QED) is 0.633. The molecule has 0 saturated heterocycles. The lowest BCUT2D eigenvalue weighted by molar-refractivity contribution is 0.188. The number of benzene rings is 2. The van der Waals surface area contributed by atoms with Crippen molar-refractivity contribution in [3.8, 4) is 0 Å². The van der Waals surface area contributed by atoms with E-state index in [0.29, 0.717) is 6.61 Å². The second-order valence-corrected chi connectivity index (χ2v) is 6.37. The van der Waals surface area contributed by atoms with Crippen molar-refractivity contribution in [1.82, 2.24) is 4.57 Å². The van der Waals surface area contributed by atoms with Crippen molar-refractivity contribution < 1.29 is 9.53 Å². The first-order valence-electron chi connectivity index (χ1n) is 8.00. The van der Waals surface area contributed by atoms with Crippen LogP contribution in [0.4, 0.5) is 16.2 Å². The summed E-state index contributed by atoms with van der Waals surface area (Å²) in [7, 11) is 1.68. The molecule has 2 amide bonds. The number of aromatic nitrogens is 1. The maximum absolute atomic E-state index is 12.5. The molecule has 3 aromatic rings. The van der Waals surface area contributed by atoms with Gasteiger partial charge in [0, 0.05) is 30.1 Å². The summed E-state index contributed by atoms with van der Waals surface area (Å²) < 4.78 is 7.25. The van der Waals surface area contributed by atoms with Gasteiger partial charge in [-0.2, -0.15) is 0 Å². The maximum Gasteiger partial charge on any atom is 0.323 e. The fourth-order valence-corrected chi connectivity index (χ4v) is 3.30. The molecule has 0 aliphatic rings. The van der Waals surface area contributed by atoms with Gasteiger partial charge in [0.2, 0.25) is 0 Å². The molecule has 0 radical (unpaired) electrons. The Morgan fingerprint density at radius 3 is 2.60 bits per heavy atom. The second kappa shape index (κ2) is 8.09.